The van der Waals surface area contributed by atoms with Gasteiger partial charge >= 0.3 is 0 Å². The molecule has 0 aromatic heterocycles. The topological polar surface area (TPSA) is 94.8 Å². The van der Waals surface area contributed by atoms with Crippen molar-refractivity contribution in [1.29, 1.82) is 0 Å². The van der Waals surface area contributed by atoms with Crippen molar-refractivity contribution in [2.24, 2.45) is 28.6 Å². The molecule has 0 saturated heterocycles. The molecule has 4 aliphatic rings. The number of hydrogen-bond acceptors (Lipinski definition) is 5. The maximum Gasteiger partial charge on any atom is 0.190 e. The van der Waals surface area contributed by atoms with E-state index in [4.69, 9.17) is 0 Å². The second kappa shape index (κ2) is 5.60. The average Bonchev–Trinajstić information content (AvgIpc) is 2.86. The van der Waals surface area contributed by atoms with Crippen LogP contribution >= 0.6 is 0 Å². The molecule has 0 spiro atoms. The van der Waals surface area contributed by atoms with Crippen LogP contribution in [0.2, 0.25) is 0 Å². The molecule has 3 N–H and O–H groups in total. The van der Waals surface area contributed by atoms with E-state index < -0.39 is 29.5 Å². The van der Waals surface area contributed by atoms with Crippen molar-refractivity contribution in [3.05, 3.63) is 23.8 Å². The SMILES string of the molecule is CC12C=CC(=O)C=C1CCC1C2C(O)CC2(C)C1CCC2(O)C(=O)CO. The van der Waals surface area contributed by atoms with Crippen molar-refractivity contribution in [2.45, 2.75) is 57.7 Å². The van der Waals surface area contributed by atoms with Gasteiger partial charge in [0.2, 0.25) is 0 Å². The average molecular weight is 360 g/mol. The Morgan fingerprint density at radius 2 is 2.04 bits per heavy atom. The zero-order valence-electron chi connectivity index (χ0n) is 15.4. The number of fused-ring (bicyclic) bond motifs is 5. The highest BCUT2D eigenvalue weighted by Crippen LogP contribution is 2.67. The Labute approximate surface area is 153 Å². The fourth-order valence-electron chi connectivity index (χ4n) is 6.92. The van der Waals surface area contributed by atoms with Gasteiger partial charge in [0.15, 0.2) is 11.6 Å². The number of allylic oxidation sites excluding steroid dienone is 4. The Kier molecular flexibility index (Phi) is 3.89. The third-order valence-corrected chi connectivity index (χ3v) is 8.25. The molecule has 0 aromatic carbocycles. The summed E-state index contributed by atoms with van der Waals surface area (Å²) in [5, 5.41) is 31.7. The van der Waals surface area contributed by atoms with Gasteiger partial charge in [0.05, 0.1) is 6.10 Å². The number of carbonyl (C=O) groups is 2. The summed E-state index contributed by atoms with van der Waals surface area (Å²) in [6, 6.07) is 0. The summed E-state index contributed by atoms with van der Waals surface area (Å²) in [4.78, 5) is 24.2. The first-order valence-electron chi connectivity index (χ1n) is 9.66. The lowest BCUT2D eigenvalue weighted by atomic mass is 9.46. The number of ketones is 2. The summed E-state index contributed by atoms with van der Waals surface area (Å²) < 4.78 is 0. The maximum absolute atomic E-state index is 12.4. The fourth-order valence-corrected chi connectivity index (χ4v) is 6.92. The number of Topliss-reactive ketones (excluding diaryl/α,β-unsaturated/α-hetero) is 1. The van der Waals surface area contributed by atoms with Gasteiger partial charge in [-0.2, -0.15) is 0 Å². The van der Waals surface area contributed by atoms with Crippen molar-refractivity contribution < 1.29 is 24.9 Å². The molecule has 5 heteroatoms. The Morgan fingerprint density at radius 1 is 1.31 bits per heavy atom. The fraction of sp³-hybridized carbons (Fsp3) is 0.714. The molecule has 7 unspecified atom stereocenters. The van der Waals surface area contributed by atoms with Gasteiger partial charge in [-0.1, -0.05) is 25.5 Å². The normalized spacial score (nSPS) is 49.9. The molecule has 0 bridgehead atoms. The maximum atomic E-state index is 12.4. The Morgan fingerprint density at radius 3 is 2.73 bits per heavy atom. The number of aliphatic hydroxyl groups excluding tert-OH is 2. The van der Waals surface area contributed by atoms with Gasteiger partial charge < -0.3 is 15.3 Å². The van der Waals surface area contributed by atoms with Crippen LogP contribution in [0.3, 0.4) is 0 Å². The van der Waals surface area contributed by atoms with Crippen LogP contribution in [0.15, 0.2) is 23.8 Å². The minimum atomic E-state index is -1.56. The second-order valence-electron chi connectivity index (χ2n) is 9.19. The van der Waals surface area contributed by atoms with Gasteiger partial charge in [-0.05, 0) is 56.1 Å². The van der Waals surface area contributed by atoms with Crippen molar-refractivity contribution in [2.75, 3.05) is 6.61 Å². The minimum Gasteiger partial charge on any atom is -0.393 e. The molecule has 0 radical (unpaired) electrons. The van der Waals surface area contributed by atoms with Crippen molar-refractivity contribution in [3.8, 4) is 0 Å². The third kappa shape index (κ3) is 2.08. The molecule has 7 atom stereocenters. The first-order valence-corrected chi connectivity index (χ1v) is 9.66. The Bertz CT molecular complexity index is 724. The number of carbonyl (C=O) groups excluding carboxylic acids is 2. The lowest BCUT2D eigenvalue weighted by Crippen LogP contribution is -2.61. The van der Waals surface area contributed by atoms with Crippen molar-refractivity contribution >= 4 is 11.6 Å². The van der Waals surface area contributed by atoms with E-state index in [2.05, 4.69) is 6.92 Å². The van der Waals surface area contributed by atoms with Crippen LogP contribution in [0.25, 0.3) is 0 Å². The molecule has 0 heterocycles. The van der Waals surface area contributed by atoms with Crippen LogP contribution in [0.4, 0.5) is 0 Å². The highest BCUT2D eigenvalue weighted by atomic mass is 16.3. The molecule has 142 valence electrons. The van der Waals surface area contributed by atoms with E-state index >= 15 is 0 Å². The van der Waals surface area contributed by atoms with Crippen LogP contribution in [-0.4, -0.2) is 45.2 Å². The Hall–Kier alpha value is -1.30. The summed E-state index contributed by atoms with van der Waals surface area (Å²) in [6.45, 7) is 3.34. The zero-order valence-corrected chi connectivity index (χ0v) is 15.4. The molecule has 4 aliphatic carbocycles. The molecule has 0 amide bonds. The van der Waals surface area contributed by atoms with Gasteiger partial charge in [-0.3, -0.25) is 9.59 Å². The molecule has 3 fully saturated rings. The zero-order chi connectivity index (χ0) is 18.9. The van der Waals surface area contributed by atoms with E-state index in [0.29, 0.717) is 12.8 Å². The van der Waals surface area contributed by atoms with Crippen LogP contribution in [0.1, 0.15) is 46.0 Å². The van der Waals surface area contributed by atoms with E-state index in [9.17, 15) is 24.9 Å². The summed E-state index contributed by atoms with van der Waals surface area (Å²) in [6.07, 6.45) is 7.68. The summed E-state index contributed by atoms with van der Waals surface area (Å²) in [7, 11) is 0. The van der Waals surface area contributed by atoms with E-state index in [0.717, 1.165) is 24.8 Å². The largest absolute Gasteiger partial charge is 0.393 e. The van der Waals surface area contributed by atoms with Crippen LogP contribution in [0.5, 0.6) is 0 Å². The summed E-state index contributed by atoms with van der Waals surface area (Å²) in [5.41, 5.74) is -1.54. The number of hydrogen-bond donors (Lipinski definition) is 3. The molecule has 0 aromatic rings. The predicted molar refractivity (Wildman–Crippen MR) is 95.0 cm³/mol. The summed E-state index contributed by atoms with van der Waals surface area (Å²) >= 11 is 0. The van der Waals surface area contributed by atoms with E-state index in [1.165, 1.54) is 0 Å². The smallest absolute Gasteiger partial charge is 0.190 e. The molecule has 4 rings (SSSR count). The van der Waals surface area contributed by atoms with Crippen molar-refractivity contribution in [1.82, 2.24) is 0 Å². The standard InChI is InChI=1S/C21H28O5/c1-19-7-5-13(23)9-12(19)3-4-14-15-6-8-21(26,17(25)11-22)20(15,2)10-16(24)18(14)19/h5,7,9,14-16,18,22,24,26H,3-4,6,8,10-11H2,1-2H3. The molecule has 26 heavy (non-hydrogen) atoms. The highest BCUT2D eigenvalue weighted by Gasteiger charge is 2.67. The Balaban J connectivity index is 1.75. The summed E-state index contributed by atoms with van der Waals surface area (Å²) in [5.74, 6) is -0.227. The second-order valence-corrected chi connectivity index (χ2v) is 9.19. The predicted octanol–water partition coefficient (Wildman–Crippen LogP) is 1.56. The lowest BCUT2D eigenvalue weighted by molar-refractivity contribution is -0.178. The van der Waals surface area contributed by atoms with Gasteiger partial charge in [0, 0.05) is 16.7 Å². The first kappa shape index (κ1) is 18.1. The molecule has 0 aliphatic heterocycles. The van der Waals surface area contributed by atoms with Gasteiger partial charge in [0.1, 0.15) is 12.2 Å². The number of rotatable bonds is 2. The van der Waals surface area contributed by atoms with Crippen LogP contribution < -0.4 is 0 Å². The van der Waals surface area contributed by atoms with Crippen LogP contribution in [-0.2, 0) is 9.59 Å². The minimum absolute atomic E-state index is 0.00912. The van der Waals surface area contributed by atoms with Crippen LogP contribution in [0, 0.1) is 28.6 Å². The lowest BCUT2D eigenvalue weighted by Gasteiger charge is -2.59. The van der Waals surface area contributed by atoms with Gasteiger partial charge in [-0.15, -0.1) is 0 Å². The van der Waals surface area contributed by atoms with E-state index in [1.54, 1.807) is 12.2 Å². The molecule has 5 nitrogen and oxygen atoms in total. The highest BCUT2D eigenvalue weighted by molar-refractivity contribution is 6.01. The van der Waals surface area contributed by atoms with E-state index in [-0.39, 0.29) is 29.0 Å². The monoisotopic (exact) mass is 360 g/mol. The third-order valence-electron chi connectivity index (χ3n) is 8.25. The van der Waals surface area contributed by atoms with Gasteiger partial charge in [0.25, 0.3) is 0 Å². The van der Waals surface area contributed by atoms with Gasteiger partial charge in [-0.25, -0.2) is 0 Å². The molecular formula is C21H28O5. The quantitative estimate of drug-likeness (QED) is 0.695. The molecular weight excluding hydrogens is 332 g/mol. The number of aliphatic hydroxyl groups is 3. The first-order chi connectivity index (χ1) is 12.2. The van der Waals surface area contributed by atoms with Crippen molar-refractivity contribution in [3.63, 3.8) is 0 Å². The molecule has 3 saturated carbocycles. The van der Waals surface area contributed by atoms with E-state index in [1.807, 2.05) is 13.0 Å².